The normalized spacial score (nSPS) is 19.5. The maximum absolute atomic E-state index is 6.18. The molecular formula is C18H21ClN2. The minimum atomic E-state index is 0.224. The van der Waals surface area contributed by atoms with Crippen LogP contribution >= 0.6 is 11.6 Å². The van der Waals surface area contributed by atoms with Gasteiger partial charge in [-0.15, -0.1) is 0 Å². The van der Waals surface area contributed by atoms with Crippen molar-refractivity contribution in [2.75, 3.05) is 6.54 Å². The molecule has 1 N–H and O–H groups in total. The first-order valence-corrected chi connectivity index (χ1v) is 7.85. The standard InChI is InChI=1S/C18H21ClN2/c1-18(2)11-14-5-6-15(19)10-16(14)17(18)21-9-7-13-4-3-8-20-12-13/h3-6,8,10,12,17,21H,7,9,11H2,1-2H3. The maximum Gasteiger partial charge on any atom is 0.0409 e. The summed E-state index contributed by atoms with van der Waals surface area (Å²) in [6.07, 6.45) is 5.85. The van der Waals surface area contributed by atoms with Crippen molar-refractivity contribution in [1.82, 2.24) is 10.3 Å². The summed E-state index contributed by atoms with van der Waals surface area (Å²) in [4.78, 5) is 4.17. The van der Waals surface area contributed by atoms with Gasteiger partial charge in [0, 0.05) is 23.5 Å². The third-order valence-electron chi connectivity index (χ3n) is 4.33. The lowest BCUT2D eigenvalue weighted by Crippen LogP contribution is -2.32. The van der Waals surface area contributed by atoms with Gasteiger partial charge in [0.05, 0.1) is 0 Å². The summed E-state index contributed by atoms with van der Waals surface area (Å²) in [6.45, 7) is 5.59. The van der Waals surface area contributed by atoms with E-state index >= 15 is 0 Å². The van der Waals surface area contributed by atoms with E-state index in [1.165, 1.54) is 16.7 Å². The van der Waals surface area contributed by atoms with Gasteiger partial charge in [0.1, 0.15) is 0 Å². The Balaban J connectivity index is 1.71. The van der Waals surface area contributed by atoms with Crippen molar-refractivity contribution < 1.29 is 0 Å². The maximum atomic E-state index is 6.18. The van der Waals surface area contributed by atoms with Gasteiger partial charge in [-0.25, -0.2) is 0 Å². The number of pyridine rings is 1. The van der Waals surface area contributed by atoms with Gasteiger partial charge in [-0.2, -0.15) is 0 Å². The number of halogens is 1. The minimum absolute atomic E-state index is 0.224. The molecule has 1 aliphatic carbocycles. The first kappa shape index (κ1) is 14.6. The van der Waals surface area contributed by atoms with Crippen molar-refractivity contribution in [2.24, 2.45) is 5.41 Å². The third kappa shape index (κ3) is 3.12. The van der Waals surface area contributed by atoms with E-state index in [9.17, 15) is 0 Å². The number of hydrogen-bond donors (Lipinski definition) is 1. The van der Waals surface area contributed by atoms with Crippen LogP contribution in [0.2, 0.25) is 5.02 Å². The van der Waals surface area contributed by atoms with E-state index in [-0.39, 0.29) is 5.41 Å². The fraction of sp³-hybridized carbons (Fsp3) is 0.389. The van der Waals surface area contributed by atoms with Crippen LogP contribution in [-0.4, -0.2) is 11.5 Å². The molecular weight excluding hydrogens is 280 g/mol. The topological polar surface area (TPSA) is 24.9 Å². The molecule has 0 aliphatic heterocycles. The molecule has 3 heteroatoms. The Morgan fingerprint density at radius 2 is 2.19 bits per heavy atom. The largest absolute Gasteiger partial charge is 0.309 e. The van der Waals surface area contributed by atoms with E-state index in [2.05, 4.69) is 42.3 Å². The Bertz CT molecular complexity index is 622. The Kier molecular flexibility index (Phi) is 4.01. The van der Waals surface area contributed by atoms with Crippen LogP contribution in [-0.2, 0) is 12.8 Å². The molecule has 110 valence electrons. The van der Waals surface area contributed by atoms with Crippen molar-refractivity contribution >= 4 is 11.6 Å². The second-order valence-corrected chi connectivity index (χ2v) is 6.94. The SMILES string of the molecule is CC1(C)Cc2ccc(Cl)cc2C1NCCc1cccnc1. The molecule has 1 unspecified atom stereocenters. The van der Waals surface area contributed by atoms with Crippen LogP contribution in [0.3, 0.4) is 0 Å². The summed E-state index contributed by atoms with van der Waals surface area (Å²) in [5.74, 6) is 0. The second kappa shape index (κ2) is 5.78. The lowest BCUT2D eigenvalue weighted by Gasteiger charge is -2.28. The molecule has 1 aliphatic rings. The summed E-state index contributed by atoms with van der Waals surface area (Å²) >= 11 is 6.18. The fourth-order valence-electron chi connectivity index (χ4n) is 3.30. The average Bonchev–Trinajstić information content (AvgIpc) is 2.71. The molecule has 0 bridgehead atoms. The predicted octanol–water partition coefficient (Wildman–Crippen LogP) is 4.19. The third-order valence-corrected chi connectivity index (χ3v) is 4.57. The lowest BCUT2D eigenvalue weighted by molar-refractivity contribution is 0.271. The number of hydrogen-bond acceptors (Lipinski definition) is 2. The van der Waals surface area contributed by atoms with E-state index in [0.717, 1.165) is 24.4 Å². The monoisotopic (exact) mass is 300 g/mol. The zero-order valence-corrected chi connectivity index (χ0v) is 13.3. The molecule has 1 aromatic carbocycles. The van der Waals surface area contributed by atoms with Gasteiger partial charge in [-0.3, -0.25) is 4.98 Å². The molecule has 1 atom stereocenters. The van der Waals surface area contributed by atoms with E-state index in [0.29, 0.717) is 6.04 Å². The number of nitrogens with one attached hydrogen (secondary N) is 1. The molecule has 0 spiro atoms. The van der Waals surface area contributed by atoms with E-state index in [4.69, 9.17) is 11.6 Å². The first-order chi connectivity index (χ1) is 10.1. The van der Waals surface area contributed by atoms with Crippen molar-refractivity contribution in [3.63, 3.8) is 0 Å². The molecule has 3 rings (SSSR count). The summed E-state index contributed by atoms with van der Waals surface area (Å²) < 4.78 is 0. The Labute approximate surface area is 131 Å². The molecule has 2 nitrogen and oxygen atoms in total. The number of aromatic nitrogens is 1. The Morgan fingerprint density at radius 3 is 2.95 bits per heavy atom. The highest BCUT2D eigenvalue weighted by Gasteiger charge is 2.38. The summed E-state index contributed by atoms with van der Waals surface area (Å²) in [7, 11) is 0. The van der Waals surface area contributed by atoms with E-state index in [1.807, 2.05) is 24.5 Å². The Morgan fingerprint density at radius 1 is 1.33 bits per heavy atom. The van der Waals surface area contributed by atoms with Crippen LogP contribution in [0.15, 0.2) is 42.7 Å². The number of rotatable bonds is 4. The van der Waals surface area contributed by atoms with Crippen molar-refractivity contribution in [3.05, 3.63) is 64.4 Å². The van der Waals surface area contributed by atoms with Gasteiger partial charge in [-0.05, 0) is 59.7 Å². The van der Waals surface area contributed by atoms with E-state index in [1.54, 1.807) is 0 Å². The van der Waals surface area contributed by atoms with Crippen LogP contribution in [0.25, 0.3) is 0 Å². The van der Waals surface area contributed by atoms with Crippen LogP contribution in [0.4, 0.5) is 0 Å². The minimum Gasteiger partial charge on any atom is -0.309 e. The van der Waals surface area contributed by atoms with Crippen LogP contribution in [0.5, 0.6) is 0 Å². The van der Waals surface area contributed by atoms with Crippen LogP contribution < -0.4 is 5.32 Å². The smallest absolute Gasteiger partial charge is 0.0409 e. The first-order valence-electron chi connectivity index (χ1n) is 7.47. The highest BCUT2D eigenvalue weighted by molar-refractivity contribution is 6.30. The molecule has 2 aromatic rings. The Hall–Kier alpha value is -1.38. The van der Waals surface area contributed by atoms with Gasteiger partial charge in [0.2, 0.25) is 0 Å². The molecule has 0 amide bonds. The van der Waals surface area contributed by atoms with Crippen molar-refractivity contribution in [1.29, 1.82) is 0 Å². The van der Waals surface area contributed by atoms with E-state index < -0.39 is 0 Å². The average molecular weight is 301 g/mol. The highest BCUT2D eigenvalue weighted by atomic mass is 35.5. The quantitative estimate of drug-likeness (QED) is 0.916. The summed E-state index contributed by atoms with van der Waals surface area (Å²) in [5.41, 5.74) is 4.27. The van der Waals surface area contributed by atoms with Gasteiger partial charge in [0.15, 0.2) is 0 Å². The highest BCUT2D eigenvalue weighted by Crippen LogP contribution is 2.45. The van der Waals surface area contributed by atoms with Gasteiger partial charge >= 0.3 is 0 Å². The number of nitrogens with zero attached hydrogens (tertiary/aromatic N) is 1. The van der Waals surface area contributed by atoms with Crippen LogP contribution in [0.1, 0.15) is 36.6 Å². The van der Waals surface area contributed by atoms with Gasteiger partial charge < -0.3 is 5.32 Å². The second-order valence-electron chi connectivity index (χ2n) is 6.51. The zero-order valence-electron chi connectivity index (χ0n) is 12.6. The van der Waals surface area contributed by atoms with Gasteiger partial charge in [0.25, 0.3) is 0 Å². The summed E-state index contributed by atoms with van der Waals surface area (Å²) in [5, 5.41) is 4.54. The molecule has 0 radical (unpaired) electrons. The molecule has 21 heavy (non-hydrogen) atoms. The molecule has 0 saturated heterocycles. The van der Waals surface area contributed by atoms with Gasteiger partial charge in [-0.1, -0.05) is 37.6 Å². The number of fused-ring (bicyclic) bond motifs is 1. The molecule has 0 saturated carbocycles. The van der Waals surface area contributed by atoms with Crippen LogP contribution in [0, 0.1) is 5.41 Å². The molecule has 0 fully saturated rings. The lowest BCUT2D eigenvalue weighted by atomic mass is 9.85. The fourth-order valence-corrected chi connectivity index (χ4v) is 3.48. The molecule has 1 heterocycles. The number of benzene rings is 1. The summed E-state index contributed by atoms with van der Waals surface area (Å²) in [6, 6.07) is 10.8. The molecule has 1 aromatic heterocycles. The predicted molar refractivity (Wildman–Crippen MR) is 87.6 cm³/mol. The van der Waals surface area contributed by atoms with Crippen molar-refractivity contribution in [3.8, 4) is 0 Å². The zero-order chi connectivity index (χ0) is 14.9. The van der Waals surface area contributed by atoms with Crippen molar-refractivity contribution in [2.45, 2.75) is 32.7 Å².